The fourth-order valence-electron chi connectivity index (χ4n) is 3.02. The molecule has 7 heteroatoms. The fourth-order valence-corrected chi connectivity index (χ4v) is 3.02. The summed E-state index contributed by atoms with van der Waals surface area (Å²) >= 11 is 0. The van der Waals surface area contributed by atoms with Crippen LogP contribution in [0.2, 0.25) is 0 Å². The maximum atomic E-state index is 13.9. The van der Waals surface area contributed by atoms with Gasteiger partial charge >= 0.3 is 6.03 Å². The predicted molar refractivity (Wildman–Crippen MR) is 93.5 cm³/mol. The van der Waals surface area contributed by atoms with Crippen LogP contribution in [0.5, 0.6) is 0 Å². The summed E-state index contributed by atoms with van der Waals surface area (Å²) in [5.74, 6) is -3.87. The minimum Gasteiger partial charge on any atom is -0.366 e. The molecule has 1 aliphatic rings. The Labute approximate surface area is 150 Å². The lowest BCUT2D eigenvalue weighted by Gasteiger charge is -2.36. The minimum absolute atomic E-state index is 0.0173. The van der Waals surface area contributed by atoms with E-state index >= 15 is 0 Å². The van der Waals surface area contributed by atoms with Gasteiger partial charge < -0.3 is 15.1 Å². The number of carbonyl (C=O) groups excluding carboxylic acids is 1. The van der Waals surface area contributed by atoms with Gasteiger partial charge in [-0.15, -0.1) is 0 Å². The molecular formula is C19H20F3N3O. The number of anilines is 1. The molecule has 0 radical (unpaired) electrons. The van der Waals surface area contributed by atoms with Gasteiger partial charge in [-0.3, -0.25) is 0 Å². The number of nitrogens with zero attached hydrogens (tertiary/aromatic N) is 2. The van der Waals surface area contributed by atoms with Crippen molar-refractivity contribution in [3.05, 3.63) is 65.0 Å². The minimum atomic E-state index is -1.47. The zero-order chi connectivity index (χ0) is 18.7. The summed E-state index contributed by atoms with van der Waals surface area (Å²) in [6.07, 6.45) is 0. The number of aryl methyl sites for hydroxylation is 1. The molecule has 1 N–H and O–H groups in total. The number of amides is 2. The molecule has 0 aliphatic carbocycles. The molecule has 4 nitrogen and oxygen atoms in total. The number of nitrogens with one attached hydrogen (secondary N) is 1. The van der Waals surface area contributed by atoms with Crippen LogP contribution in [0.4, 0.5) is 23.7 Å². The second-order valence-corrected chi connectivity index (χ2v) is 6.32. The van der Waals surface area contributed by atoms with Gasteiger partial charge in [0.2, 0.25) is 0 Å². The molecule has 3 rings (SSSR count). The third kappa shape index (κ3) is 3.92. The third-order valence-corrected chi connectivity index (χ3v) is 4.45. The summed E-state index contributed by atoms with van der Waals surface area (Å²) in [6.45, 7) is 3.86. The first-order chi connectivity index (χ1) is 12.5. The van der Waals surface area contributed by atoms with E-state index in [1.54, 1.807) is 9.80 Å². The Morgan fingerprint density at radius 1 is 1.04 bits per heavy atom. The summed E-state index contributed by atoms with van der Waals surface area (Å²) in [6, 6.07) is 9.81. The van der Waals surface area contributed by atoms with Crippen LogP contribution in [0.3, 0.4) is 0 Å². The van der Waals surface area contributed by atoms with E-state index < -0.39 is 17.5 Å². The highest BCUT2D eigenvalue weighted by Gasteiger charge is 2.24. The summed E-state index contributed by atoms with van der Waals surface area (Å²) in [4.78, 5) is 15.5. The van der Waals surface area contributed by atoms with Crippen molar-refractivity contribution in [3.63, 3.8) is 0 Å². The molecule has 0 bridgehead atoms. The maximum absolute atomic E-state index is 13.9. The number of benzene rings is 2. The van der Waals surface area contributed by atoms with Gasteiger partial charge in [-0.2, -0.15) is 0 Å². The molecule has 138 valence electrons. The number of hydrogen-bond donors (Lipinski definition) is 1. The lowest BCUT2D eigenvalue weighted by atomic mass is 10.1. The smallest absolute Gasteiger partial charge is 0.317 e. The summed E-state index contributed by atoms with van der Waals surface area (Å²) in [7, 11) is 0. The van der Waals surface area contributed by atoms with Gasteiger partial charge in [-0.05, 0) is 24.6 Å². The van der Waals surface area contributed by atoms with E-state index in [1.165, 1.54) is 6.07 Å². The third-order valence-electron chi connectivity index (χ3n) is 4.45. The first-order valence-electron chi connectivity index (χ1n) is 8.42. The Balaban J connectivity index is 1.55. The molecule has 0 spiro atoms. The standard InChI is InChI=1S/C19H20F3N3O/c1-13-3-2-4-14(11-13)12-23-19(26)25-9-7-24(8-10-25)16-6-5-15(20)17(21)18(16)22/h2-6,11H,7-10,12H2,1H3,(H,23,26). The molecule has 1 aliphatic heterocycles. The second kappa shape index (κ2) is 7.68. The number of rotatable bonds is 3. The van der Waals surface area contributed by atoms with E-state index in [0.717, 1.165) is 17.2 Å². The normalized spacial score (nSPS) is 14.5. The Morgan fingerprint density at radius 2 is 1.77 bits per heavy atom. The van der Waals surface area contributed by atoms with Crippen LogP contribution in [-0.4, -0.2) is 37.1 Å². The van der Waals surface area contributed by atoms with Crippen LogP contribution < -0.4 is 10.2 Å². The zero-order valence-corrected chi connectivity index (χ0v) is 14.4. The number of halogens is 3. The van der Waals surface area contributed by atoms with Gasteiger partial charge in [-0.25, -0.2) is 18.0 Å². The van der Waals surface area contributed by atoms with E-state index in [4.69, 9.17) is 0 Å². The van der Waals surface area contributed by atoms with Gasteiger partial charge in [0.1, 0.15) is 0 Å². The van der Waals surface area contributed by atoms with E-state index in [9.17, 15) is 18.0 Å². The molecule has 2 amide bonds. The molecule has 1 saturated heterocycles. The summed E-state index contributed by atoms with van der Waals surface area (Å²) < 4.78 is 40.3. The molecule has 0 atom stereocenters. The Hall–Kier alpha value is -2.70. The van der Waals surface area contributed by atoms with Crippen LogP contribution >= 0.6 is 0 Å². The van der Waals surface area contributed by atoms with Crippen LogP contribution in [0.15, 0.2) is 36.4 Å². The topological polar surface area (TPSA) is 35.6 Å². The number of urea groups is 1. The first-order valence-corrected chi connectivity index (χ1v) is 8.42. The molecular weight excluding hydrogens is 343 g/mol. The lowest BCUT2D eigenvalue weighted by molar-refractivity contribution is 0.194. The van der Waals surface area contributed by atoms with Crippen molar-refractivity contribution in [2.24, 2.45) is 0 Å². The van der Waals surface area contributed by atoms with Crippen molar-refractivity contribution in [2.45, 2.75) is 13.5 Å². The average Bonchev–Trinajstić information content (AvgIpc) is 2.65. The molecule has 2 aromatic rings. The Morgan fingerprint density at radius 3 is 2.46 bits per heavy atom. The molecule has 2 aromatic carbocycles. The molecule has 1 heterocycles. The van der Waals surface area contributed by atoms with Gasteiger partial charge in [0.15, 0.2) is 17.5 Å². The fraction of sp³-hybridized carbons (Fsp3) is 0.316. The highest BCUT2D eigenvalue weighted by molar-refractivity contribution is 5.74. The SMILES string of the molecule is Cc1cccc(CNC(=O)N2CCN(c3ccc(F)c(F)c3F)CC2)c1. The molecule has 0 saturated carbocycles. The van der Waals surface area contributed by atoms with E-state index in [1.807, 2.05) is 31.2 Å². The molecule has 1 fully saturated rings. The maximum Gasteiger partial charge on any atom is 0.317 e. The van der Waals surface area contributed by atoms with Crippen molar-refractivity contribution >= 4 is 11.7 Å². The van der Waals surface area contributed by atoms with E-state index in [2.05, 4.69) is 5.32 Å². The predicted octanol–water partition coefficient (Wildman–Crippen LogP) is 3.44. The Bertz CT molecular complexity index is 805. The van der Waals surface area contributed by atoms with Gasteiger partial charge in [-0.1, -0.05) is 29.8 Å². The number of carbonyl (C=O) groups is 1. The lowest BCUT2D eigenvalue weighted by Crippen LogP contribution is -2.52. The average molecular weight is 363 g/mol. The monoisotopic (exact) mass is 363 g/mol. The van der Waals surface area contributed by atoms with Crippen LogP contribution in [0, 0.1) is 24.4 Å². The molecule has 0 unspecified atom stereocenters. The van der Waals surface area contributed by atoms with Crippen molar-refractivity contribution in [1.29, 1.82) is 0 Å². The second-order valence-electron chi connectivity index (χ2n) is 6.32. The van der Waals surface area contributed by atoms with Crippen molar-refractivity contribution < 1.29 is 18.0 Å². The number of hydrogen-bond acceptors (Lipinski definition) is 2. The van der Waals surface area contributed by atoms with Crippen molar-refractivity contribution in [1.82, 2.24) is 10.2 Å². The van der Waals surface area contributed by atoms with Crippen molar-refractivity contribution in [2.75, 3.05) is 31.1 Å². The van der Waals surface area contributed by atoms with Gasteiger partial charge in [0, 0.05) is 32.7 Å². The summed E-state index contributed by atoms with van der Waals surface area (Å²) in [5, 5.41) is 2.86. The summed E-state index contributed by atoms with van der Waals surface area (Å²) in [5.41, 5.74) is 2.16. The van der Waals surface area contributed by atoms with Gasteiger partial charge in [0.25, 0.3) is 0 Å². The van der Waals surface area contributed by atoms with Crippen LogP contribution in [0.1, 0.15) is 11.1 Å². The van der Waals surface area contributed by atoms with E-state index in [-0.39, 0.29) is 11.7 Å². The quantitative estimate of drug-likeness (QED) is 0.848. The highest BCUT2D eigenvalue weighted by Crippen LogP contribution is 2.24. The van der Waals surface area contributed by atoms with Crippen molar-refractivity contribution in [3.8, 4) is 0 Å². The van der Waals surface area contributed by atoms with E-state index in [0.29, 0.717) is 32.7 Å². The van der Waals surface area contributed by atoms with Crippen LogP contribution in [0.25, 0.3) is 0 Å². The first kappa shape index (κ1) is 18.1. The number of piperazine rings is 1. The molecule has 26 heavy (non-hydrogen) atoms. The van der Waals surface area contributed by atoms with Crippen LogP contribution in [-0.2, 0) is 6.54 Å². The zero-order valence-electron chi connectivity index (χ0n) is 14.4. The van der Waals surface area contributed by atoms with Gasteiger partial charge in [0.05, 0.1) is 5.69 Å². The highest BCUT2D eigenvalue weighted by atomic mass is 19.2. The Kier molecular flexibility index (Phi) is 5.35. The molecule has 0 aromatic heterocycles. The largest absolute Gasteiger partial charge is 0.366 e.